The molecule has 3 rings (SSSR count). The van der Waals surface area contributed by atoms with E-state index in [0.29, 0.717) is 0 Å². The van der Waals surface area contributed by atoms with Crippen LogP contribution >= 0.6 is 0 Å². The molecule has 4 heteroatoms. The molecule has 3 aromatic rings. The van der Waals surface area contributed by atoms with Gasteiger partial charge in [-0.2, -0.15) is 5.10 Å². The van der Waals surface area contributed by atoms with E-state index in [1.807, 2.05) is 32.1 Å². The predicted molar refractivity (Wildman–Crippen MR) is 87.9 cm³/mol. The Morgan fingerprint density at radius 2 is 2.10 bits per heavy atom. The van der Waals surface area contributed by atoms with Gasteiger partial charge >= 0.3 is 0 Å². The first-order chi connectivity index (χ1) is 10.2. The molecule has 0 saturated carbocycles. The number of nitrogens with zero attached hydrogens (tertiary/aromatic N) is 2. The minimum Gasteiger partial charge on any atom is -0.337 e. The molecule has 0 spiro atoms. The van der Waals surface area contributed by atoms with Gasteiger partial charge in [0.1, 0.15) is 5.69 Å². The number of aromatic nitrogens is 4. The van der Waals surface area contributed by atoms with E-state index in [4.69, 9.17) is 4.98 Å². The maximum atomic E-state index is 4.73. The average molecular weight is 278 g/mol. The molecule has 4 nitrogen and oxygen atoms in total. The predicted octanol–water partition coefficient (Wildman–Crippen LogP) is 2.59. The van der Waals surface area contributed by atoms with E-state index in [-0.39, 0.29) is 0 Å². The maximum absolute atomic E-state index is 4.73. The van der Waals surface area contributed by atoms with Gasteiger partial charge in [-0.1, -0.05) is 30.9 Å². The molecular weight excluding hydrogens is 260 g/mol. The molecule has 0 bridgehead atoms. The van der Waals surface area contributed by atoms with E-state index in [2.05, 4.69) is 40.8 Å². The first kappa shape index (κ1) is 13.4. The summed E-state index contributed by atoms with van der Waals surface area (Å²) in [5.41, 5.74) is 5.09. The fraction of sp³-hybridized carbons (Fsp3) is 0.176. The molecule has 2 aromatic heterocycles. The van der Waals surface area contributed by atoms with Crippen molar-refractivity contribution in [1.29, 1.82) is 0 Å². The number of hydrogen-bond donors (Lipinski definition) is 2. The Labute approximate surface area is 122 Å². The van der Waals surface area contributed by atoms with E-state index in [9.17, 15) is 0 Å². The lowest BCUT2D eigenvalue weighted by Gasteiger charge is -2.00. The molecular formula is C17H18N4. The topological polar surface area (TPSA) is 57.4 Å². The molecule has 0 amide bonds. The number of benzene rings is 1. The summed E-state index contributed by atoms with van der Waals surface area (Å²) >= 11 is 0. The number of aromatic amines is 2. The van der Waals surface area contributed by atoms with Gasteiger partial charge in [0.2, 0.25) is 0 Å². The van der Waals surface area contributed by atoms with Gasteiger partial charge in [-0.25, -0.2) is 4.98 Å². The average Bonchev–Trinajstić information content (AvgIpc) is 3.08. The van der Waals surface area contributed by atoms with E-state index in [1.54, 1.807) is 0 Å². The summed E-state index contributed by atoms with van der Waals surface area (Å²) in [6.45, 7) is 10.2. The fourth-order valence-electron chi connectivity index (χ4n) is 2.43. The second kappa shape index (κ2) is 5.05. The van der Waals surface area contributed by atoms with Gasteiger partial charge in [-0.15, -0.1) is 0 Å². The van der Waals surface area contributed by atoms with Crippen LogP contribution in [-0.2, 0) is 0 Å². The number of para-hydroxylation sites is 1. The molecule has 0 atom stereocenters. The standard InChI is InChI=1S/C17H18N4/c1-5-10(3)12-8-7-9-14-16(12)19-17(18-14)15-11(4)13(6-2)20-21-15/h5-9,20H,4H2,1-3H3,(H,18,19)/b10-5?,13-6-. The van der Waals surface area contributed by atoms with Gasteiger partial charge in [0.15, 0.2) is 5.82 Å². The molecule has 0 aliphatic rings. The summed E-state index contributed by atoms with van der Waals surface area (Å²) in [6.07, 6.45) is 4.05. The van der Waals surface area contributed by atoms with Crippen LogP contribution in [0.5, 0.6) is 0 Å². The van der Waals surface area contributed by atoms with Gasteiger partial charge < -0.3 is 4.98 Å². The van der Waals surface area contributed by atoms with Crippen LogP contribution in [-0.4, -0.2) is 20.2 Å². The van der Waals surface area contributed by atoms with Gasteiger partial charge in [-0.05, 0) is 32.4 Å². The van der Waals surface area contributed by atoms with Crippen LogP contribution < -0.4 is 10.6 Å². The Morgan fingerprint density at radius 1 is 1.29 bits per heavy atom. The number of fused-ring (bicyclic) bond motifs is 1. The van der Waals surface area contributed by atoms with Gasteiger partial charge in [-0.3, -0.25) is 5.10 Å². The van der Waals surface area contributed by atoms with Crippen LogP contribution in [0, 0.1) is 0 Å². The number of H-pyrrole nitrogens is 2. The van der Waals surface area contributed by atoms with Crippen molar-refractivity contribution in [3.8, 4) is 11.5 Å². The van der Waals surface area contributed by atoms with E-state index >= 15 is 0 Å². The highest BCUT2D eigenvalue weighted by Crippen LogP contribution is 2.25. The lowest BCUT2D eigenvalue weighted by molar-refractivity contribution is 1.05. The van der Waals surface area contributed by atoms with Crippen LogP contribution in [0.4, 0.5) is 0 Å². The molecule has 2 N–H and O–H groups in total. The molecule has 0 aliphatic heterocycles. The Balaban J connectivity index is 2.27. The molecule has 1 aromatic carbocycles. The molecule has 0 fully saturated rings. The summed E-state index contributed by atoms with van der Waals surface area (Å²) in [5.74, 6) is 0.746. The molecule has 0 radical (unpaired) electrons. The Morgan fingerprint density at radius 3 is 2.76 bits per heavy atom. The quantitative estimate of drug-likeness (QED) is 0.757. The summed E-state index contributed by atoms with van der Waals surface area (Å²) in [7, 11) is 0. The first-order valence-corrected chi connectivity index (χ1v) is 6.97. The lowest BCUT2D eigenvalue weighted by atomic mass is 10.1. The summed E-state index contributed by atoms with van der Waals surface area (Å²) < 4.78 is 0. The molecule has 0 saturated heterocycles. The van der Waals surface area contributed by atoms with Crippen molar-refractivity contribution in [2.45, 2.75) is 20.8 Å². The second-order valence-electron chi connectivity index (χ2n) is 5.01. The number of rotatable bonds is 2. The third kappa shape index (κ3) is 2.09. The third-order valence-corrected chi connectivity index (χ3v) is 3.78. The number of allylic oxidation sites excluding steroid dienone is 2. The van der Waals surface area contributed by atoms with E-state index in [1.165, 1.54) is 5.57 Å². The number of imidazole rings is 1. The van der Waals surface area contributed by atoms with Crippen molar-refractivity contribution in [1.82, 2.24) is 20.2 Å². The van der Waals surface area contributed by atoms with Crippen molar-refractivity contribution in [3.05, 3.63) is 40.4 Å². The van der Waals surface area contributed by atoms with Gasteiger partial charge in [0.25, 0.3) is 0 Å². The van der Waals surface area contributed by atoms with Gasteiger partial charge in [0, 0.05) is 10.8 Å². The van der Waals surface area contributed by atoms with Crippen LogP contribution in [0.25, 0.3) is 40.8 Å². The Hall–Kier alpha value is -2.62. The van der Waals surface area contributed by atoms with Crippen LogP contribution in [0.1, 0.15) is 26.3 Å². The highest BCUT2D eigenvalue weighted by molar-refractivity contribution is 5.90. The number of nitrogens with one attached hydrogen (secondary N) is 2. The normalized spacial score (nSPS) is 13.3. The minimum absolute atomic E-state index is 0.746. The zero-order valence-electron chi connectivity index (χ0n) is 12.5. The third-order valence-electron chi connectivity index (χ3n) is 3.78. The van der Waals surface area contributed by atoms with Crippen LogP contribution in [0.3, 0.4) is 0 Å². The molecule has 106 valence electrons. The van der Waals surface area contributed by atoms with Crippen LogP contribution in [0.15, 0.2) is 24.3 Å². The van der Waals surface area contributed by atoms with Crippen molar-refractivity contribution in [2.75, 3.05) is 0 Å². The number of hydrogen-bond acceptors (Lipinski definition) is 2. The van der Waals surface area contributed by atoms with Crippen LogP contribution in [0.2, 0.25) is 0 Å². The van der Waals surface area contributed by atoms with Crippen molar-refractivity contribution < 1.29 is 0 Å². The second-order valence-corrected chi connectivity index (χ2v) is 5.01. The lowest BCUT2D eigenvalue weighted by Crippen LogP contribution is -2.21. The van der Waals surface area contributed by atoms with Crippen molar-refractivity contribution in [2.24, 2.45) is 0 Å². The van der Waals surface area contributed by atoms with Crippen molar-refractivity contribution in [3.63, 3.8) is 0 Å². The smallest absolute Gasteiger partial charge is 0.159 e. The molecule has 21 heavy (non-hydrogen) atoms. The van der Waals surface area contributed by atoms with Gasteiger partial charge in [0.05, 0.1) is 16.4 Å². The van der Waals surface area contributed by atoms with E-state index in [0.717, 1.165) is 38.7 Å². The molecule has 2 heterocycles. The monoisotopic (exact) mass is 278 g/mol. The molecule has 0 aliphatic carbocycles. The Bertz CT molecular complexity index is 941. The SMILES string of the molecule is C=c1c(-c2nc3c(C(C)=CC)cccc3[nH]2)n[nH]/c1=C\C. The van der Waals surface area contributed by atoms with Crippen molar-refractivity contribution >= 4 is 29.3 Å². The maximum Gasteiger partial charge on any atom is 0.159 e. The minimum atomic E-state index is 0.746. The van der Waals surface area contributed by atoms with E-state index < -0.39 is 0 Å². The highest BCUT2D eigenvalue weighted by Gasteiger charge is 2.12. The summed E-state index contributed by atoms with van der Waals surface area (Å²) in [4.78, 5) is 8.06. The largest absolute Gasteiger partial charge is 0.337 e. The summed E-state index contributed by atoms with van der Waals surface area (Å²) in [5, 5.41) is 9.08. The zero-order valence-corrected chi connectivity index (χ0v) is 12.5. The highest BCUT2D eigenvalue weighted by atomic mass is 15.1. The zero-order chi connectivity index (χ0) is 15.0. The Kier molecular flexibility index (Phi) is 3.22. The summed E-state index contributed by atoms with van der Waals surface area (Å²) in [6, 6.07) is 6.15. The molecule has 0 unspecified atom stereocenters. The first-order valence-electron chi connectivity index (χ1n) is 6.97. The fourth-order valence-corrected chi connectivity index (χ4v) is 2.43.